The number of nitrogens with zero attached hydrogens (tertiary/aromatic N) is 2. The van der Waals surface area contributed by atoms with Crippen LogP contribution in [0.25, 0.3) is 0 Å². The summed E-state index contributed by atoms with van der Waals surface area (Å²) in [5, 5.41) is 2.77. The highest BCUT2D eigenvalue weighted by molar-refractivity contribution is 7.90. The minimum Gasteiger partial charge on any atom is -0.489 e. The summed E-state index contributed by atoms with van der Waals surface area (Å²) in [6.07, 6.45) is 2.27. The van der Waals surface area contributed by atoms with Crippen molar-refractivity contribution in [1.82, 2.24) is 9.97 Å². The highest BCUT2D eigenvalue weighted by Crippen LogP contribution is 2.35. The number of benzene rings is 1. The quantitative estimate of drug-likeness (QED) is 0.866. The zero-order chi connectivity index (χ0) is 18.8. The van der Waals surface area contributed by atoms with Gasteiger partial charge in [-0.3, -0.25) is 0 Å². The van der Waals surface area contributed by atoms with Crippen molar-refractivity contribution in [1.29, 1.82) is 0 Å². The van der Waals surface area contributed by atoms with Gasteiger partial charge in [0.2, 0.25) is 5.75 Å². The van der Waals surface area contributed by atoms with Crippen molar-refractivity contribution in [3.63, 3.8) is 0 Å². The van der Waals surface area contributed by atoms with E-state index in [2.05, 4.69) is 15.3 Å². The van der Waals surface area contributed by atoms with E-state index in [0.29, 0.717) is 0 Å². The molecule has 0 unspecified atom stereocenters. The van der Waals surface area contributed by atoms with E-state index in [-0.39, 0.29) is 28.0 Å². The second-order valence-corrected chi connectivity index (χ2v) is 8.33. The third-order valence-corrected chi connectivity index (χ3v) is 4.11. The van der Waals surface area contributed by atoms with Crippen molar-refractivity contribution in [2.24, 2.45) is 0 Å². The van der Waals surface area contributed by atoms with Gasteiger partial charge in [0.05, 0.1) is 17.7 Å². The number of nitrogens with one attached hydrogen (secondary N) is 1. The molecule has 136 valence electrons. The van der Waals surface area contributed by atoms with Crippen LogP contribution in [-0.2, 0) is 9.84 Å². The lowest BCUT2D eigenvalue weighted by molar-refractivity contribution is 0.118. The molecule has 0 saturated heterocycles. The van der Waals surface area contributed by atoms with Gasteiger partial charge in [-0.1, -0.05) is 0 Å². The second kappa shape index (κ2) is 6.83. The molecule has 0 aliphatic heterocycles. The molecule has 0 saturated carbocycles. The molecule has 0 bridgehead atoms. The summed E-state index contributed by atoms with van der Waals surface area (Å²) in [5.41, 5.74) is -0.465. The highest BCUT2D eigenvalue weighted by atomic mass is 32.2. The third-order valence-electron chi connectivity index (χ3n) is 3.00. The smallest absolute Gasteiger partial charge is 0.263 e. The average Bonchev–Trinajstić information content (AvgIpc) is 2.47. The first kappa shape index (κ1) is 18.9. The molecule has 0 radical (unpaired) electrons. The SMILES string of the molecule is COc1c(Nc2ccc(S(C)(=O)=O)cc2F)ncnc1OC(C)(C)C. The molecule has 0 atom stereocenters. The number of sulfone groups is 1. The van der Waals surface area contributed by atoms with Gasteiger partial charge in [0, 0.05) is 6.26 Å². The Morgan fingerprint density at radius 3 is 2.40 bits per heavy atom. The molecule has 1 heterocycles. The molecule has 0 spiro atoms. The van der Waals surface area contributed by atoms with Gasteiger partial charge in [-0.25, -0.2) is 17.8 Å². The van der Waals surface area contributed by atoms with Gasteiger partial charge in [-0.2, -0.15) is 4.98 Å². The fraction of sp³-hybridized carbons (Fsp3) is 0.375. The van der Waals surface area contributed by atoms with Gasteiger partial charge in [0.1, 0.15) is 17.7 Å². The van der Waals surface area contributed by atoms with E-state index >= 15 is 0 Å². The van der Waals surface area contributed by atoms with Crippen LogP contribution >= 0.6 is 0 Å². The van der Waals surface area contributed by atoms with Gasteiger partial charge in [-0.15, -0.1) is 0 Å². The molecule has 1 aromatic heterocycles. The largest absolute Gasteiger partial charge is 0.489 e. The molecule has 1 aromatic carbocycles. The summed E-state index contributed by atoms with van der Waals surface area (Å²) in [5.74, 6) is -0.116. The fourth-order valence-electron chi connectivity index (χ4n) is 1.95. The molecule has 0 aliphatic rings. The van der Waals surface area contributed by atoms with Crippen LogP contribution in [0, 0.1) is 5.82 Å². The molecule has 2 rings (SSSR count). The van der Waals surface area contributed by atoms with Gasteiger partial charge in [0.15, 0.2) is 15.7 Å². The molecule has 0 amide bonds. The first-order valence-corrected chi connectivity index (χ1v) is 9.25. The minimum absolute atomic E-state index is 0.0473. The maximum absolute atomic E-state index is 14.2. The van der Waals surface area contributed by atoms with Crippen molar-refractivity contribution in [2.75, 3.05) is 18.7 Å². The summed E-state index contributed by atoms with van der Waals surface area (Å²) in [7, 11) is -2.07. The maximum atomic E-state index is 14.2. The normalized spacial score (nSPS) is 11.9. The van der Waals surface area contributed by atoms with Crippen LogP contribution in [0.3, 0.4) is 0 Å². The van der Waals surface area contributed by atoms with Crippen LogP contribution < -0.4 is 14.8 Å². The molecular formula is C16H20FN3O4S. The fourth-order valence-corrected chi connectivity index (χ4v) is 2.58. The highest BCUT2D eigenvalue weighted by Gasteiger charge is 2.21. The third kappa shape index (κ3) is 4.79. The molecule has 0 aliphatic carbocycles. The average molecular weight is 369 g/mol. The van der Waals surface area contributed by atoms with Gasteiger partial charge in [-0.05, 0) is 39.0 Å². The van der Waals surface area contributed by atoms with Crippen LogP contribution in [0.1, 0.15) is 20.8 Å². The van der Waals surface area contributed by atoms with Crippen molar-refractivity contribution in [3.05, 3.63) is 30.3 Å². The van der Waals surface area contributed by atoms with E-state index in [0.717, 1.165) is 12.3 Å². The van der Waals surface area contributed by atoms with Gasteiger partial charge < -0.3 is 14.8 Å². The maximum Gasteiger partial charge on any atom is 0.263 e. The predicted octanol–water partition coefficient (Wildman–Crippen LogP) is 2.95. The summed E-state index contributed by atoms with van der Waals surface area (Å²) >= 11 is 0. The molecule has 2 aromatic rings. The number of hydrogen-bond donors (Lipinski definition) is 1. The van der Waals surface area contributed by atoms with E-state index in [1.54, 1.807) is 0 Å². The number of methoxy groups -OCH3 is 1. The van der Waals surface area contributed by atoms with Crippen LogP contribution in [-0.4, -0.2) is 37.4 Å². The Morgan fingerprint density at radius 2 is 1.88 bits per heavy atom. The number of ether oxygens (including phenoxy) is 2. The number of rotatable bonds is 5. The summed E-state index contributed by atoms with van der Waals surface area (Å²) in [6, 6.07) is 3.57. The van der Waals surface area contributed by atoms with Crippen molar-refractivity contribution < 1.29 is 22.3 Å². The Hall–Kier alpha value is -2.42. The van der Waals surface area contributed by atoms with Crippen LogP contribution in [0.15, 0.2) is 29.4 Å². The topological polar surface area (TPSA) is 90.4 Å². The zero-order valence-electron chi connectivity index (χ0n) is 14.6. The predicted molar refractivity (Wildman–Crippen MR) is 91.8 cm³/mol. The molecule has 1 N–H and O–H groups in total. The monoisotopic (exact) mass is 369 g/mol. The molecule has 7 nitrogen and oxygen atoms in total. The number of hydrogen-bond acceptors (Lipinski definition) is 7. The van der Waals surface area contributed by atoms with E-state index < -0.39 is 21.3 Å². The van der Waals surface area contributed by atoms with Crippen molar-refractivity contribution in [2.45, 2.75) is 31.3 Å². The Kier molecular flexibility index (Phi) is 5.17. The van der Waals surface area contributed by atoms with Crippen molar-refractivity contribution in [3.8, 4) is 11.6 Å². The number of aromatic nitrogens is 2. The lowest BCUT2D eigenvalue weighted by Gasteiger charge is -2.22. The van der Waals surface area contributed by atoms with Crippen molar-refractivity contribution >= 4 is 21.3 Å². The first-order chi connectivity index (χ1) is 11.5. The Morgan fingerprint density at radius 1 is 1.20 bits per heavy atom. The summed E-state index contributed by atoms with van der Waals surface area (Å²) in [4.78, 5) is 7.96. The van der Waals surface area contributed by atoms with Crippen LogP contribution in [0.5, 0.6) is 11.6 Å². The van der Waals surface area contributed by atoms with Gasteiger partial charge in [0.25, 0.3) is 5.88 Å². The molecule has 25 heavy (non-hydrogen) atoms. The van der Waals surface area contributed by atoms with E-state index in [4.69, 9.17) is 9.47 Å². The number of halogens is 1. The zero-order valence-corrected chi connectivity index (χ0v) is 15.4. The van der Waals surface area contributed by atoms with E-state index in [1.807, 2.05) is 20.8 Å². The Labute approximate surface area is 146 Å². The van der Waals surface area contributed by atoms with E-state index in [1.165, 1.54) is 25.6 Å². The Balaban J connectivity index is 2.39. The second-order valence-electron chi connectivity index (χ2n) is 6.31. The van der Waals surface area contributed by atoms with E-state index in [9.17, 15) is 12.8 Å². The van der Waals surface area contributed by atoms with Gasteiger partial charge >= 0.3 is 0 Å². The number of anilines is 2. The summed E-state index contributed by atoms with van der Waals surface area (Å²) < 4.78 is 48.2. The van der Waals surface area contributed by atoms with Crippen LogP contribution in [0.4, 0.5) is 15.9 Å². The minimum atomic E-state index is -3.49. The molecular weight excluding hydrogens is 349 g/mol. The standard InChI is InChI=1S/C16H20FN3O4S/c1-16(2,3)24-15-13(23-4)14(18-9-19-15)20-12-7-6-10(8-11(12)17)25(5,21)22/h6-9H,1-5H3,(H,18,19,20). The molecule has 0 fully saturated rings. The Bertz CT molecular complexity index is 879. The first-order valence-electron chi connectivity index (χ1n) is 7.36. The summed E-state index contributed by atoms with van der Waals surface area (Å²) in [6.45, 7) is 5.56. The molecule has 9 heteroatoms. The lowest BCUT2D eigenvalue weighted by Crippen LogP contribution is -2.24. The lowest BCUT2D eigenvalue weighted by atomic mass is 10.2. The van der Waals surface area contributed by atoms with Crippen LogP contribution in [0.2, 0.25) is 0 Å².